The summed E-state index contributed by atoms with van der Waals surface area (Å²) in [5, 5.41) is 3.62. The Labute approximate surface area is 130 Å². The van der Waals surface area contributed by atoms with Gasteiger partial charge in [0.25, 0.3) is 0 Å². The highest BCUT2D eigenvalue weighted by Crippen LogP contribution is 2.29. The number of ether oxygens (including phenoxy) is 1. The minimum absolute atomic E-state index is 0.410. The van der Waals surface area contributed by atoms with Gasteiger partial charge >= 0.3 is 0 Å². The predicted molar refractivity (Wildman–Crippen MR) is 89.8 cm³/mol. The van der Waals surface area contributed by atoms with Crippen LogP contribution in [0.3, 0.4) is 0 Å². The van der Waals surface area contributed by atoms with Gasteiger partial charge in [0, 0.05) is 6.04 Å². The molecule has 1 N–H and O–H groups in total. The minimum atomic E-state index is 0.410. The van der Waals surface area contributed by atoms with Gasteiger partial charge in [0.2, 0.25) is 0 Å². The highest BCUT2D eigenvalue weighted by atomic mass is 16.5. The summed E-state index contributed by atoms with van der Waals surface area (Å²) >= 11 is 0. The molecule has 118 valence electrons. The molecule has 0 amide bonds. The first kappa shape index (κ1) is 16.4. The lowest BCUT2D eigenvalue weighted by molar-refractivity contribution is 0.129. The van der Waals surface area contributed by atoms with Gasteiger partial charge in [0.05, 0.1) is 6.10 Å². The average molecular weight is 289 g/mol. The fourth-order valence-corrected chi connectivity index (χ4v) is 3.30. The van der Waals surface area contributed by atoms with Crippen LogP contribution in [-0.2, 0) is 0 Å². The smallest absolute Gasteiger partial charge is 0.120 e. The summed E-state index contributed by atoms with van der Waals surface area (Å²) in [5.41, 5.74) is 1.35. The number of nitrogens with one attached hydrogen (secondary N) is 1. The molecule has 1 fully saturated rings. The largest absolute Gasteiger partial charge is 0.490 e. The molecule has 1 aromatic rings. The molecule has 1 saturated carbocycles. The number of hydrogen-bond donors (Lipinski definition) is 1. The molecule has 1 aliphatic carbocycles. The molecule has 0 aromatic heterocycles. The highest BCUT2D eigenvalue weighted by molar-refractivity contribution is 5.30. The molecular formula is C19H31NO. The number of benzene rings is 1. The Hall–Kier alpha value is -1.02. The zero-order chi connectivity index (χ0) is 15.1. The monoisotopic (exact) mass is 289 g/mol. The maximum Gasteiger partial charge on any atom is 0.120 e. The summed E-state index contributed by atoms with van der Waals surface area (Å²) in [6.07, 6.45) is 7.78. The van der Waals surface area contributed by atoms with Crippen LogP contribution in [0, 0.1) is 5.92 Å². The van der Waals surface area contributed by atoms with Crippen molar-refractivity contribution in [1.29, 1.82) is 0 Å². The van der Waals surface area contributed by atoms with Gasteiger partial charge < -0.3 is 10.1 Å². The Morgan fingerprint density at radius 3 is 2.86 bits per heavy atom. The van der Waals surface area contributed by atoms with E-state index in [0.717, 1.165) is 24.6 Å². The molecule has 3 atom stereocenters. The zero-order valence-electron chi connectivity index (χ0n) is 13.9. The molecule has 1 aliphatic rings. The highest BCUT2D eigenvalue weighted by Gasteiger charge is 2.20. The Kier molecular flexibility index (Phi) is 6.56. The van der Waals surface area contributed by atoms with Gasteiger partial charge in [0.15, 0.2) is 0 Å². The lowest BCUT2D eigenvalue weighted by Crippen LogP contribution is -2.24. The third-order valence-corrected chi connectivity index (χ3v) is 4.50. The second kappa shape index (κ2) is 8.43. The van der Waals surface area contributed by atoms with E-state index in [9.17, 15) is 0 Å². The summed E-state index contributed by atoms with van der Waals surface area (Å²) in [4.78, 5) is 0. The first-order valence-electron chi connectivity index (χ1n) is 8.72. The van der Waals surface area contributed by atoms with Crippen molar-refractivity contribution < 1.29 is 4.74 Å². The molecular weight excluding hydrogens is 258 g/mol. The molecule has 2 nitrogen and oxygen atoms in total. The minimum Gasteiger partial charge on any atom is -0.490 e. The molecule has 0 heterocycles. The van der Waals surface area contributed by atoms with Crippen LogP contribution in [0.2, 0.25) is 0 Å². The normalized spacial score (nSPS) is 23.8. The van der Waals surface area contributed by atoms with Crippen molar-refractivity contribution in [3.8, 4) is 5.75 Å². The average Bonchev–Trinajstić information content (AvgIpc) is 2.48. The topological polar surface area (TPSA) is 21.3 Å². The Morgan fingerprint density at radius 2 is 2.14 bits per heavy atom. The van der Waals surface area contributed by atoms with E-state index in [1.807, 2.05) is 0 Å². The molecule has 0 radical (unpaired) electrons. The van der Waals surface area contributed by atoms with Crippen molar-refractivity contribution in [1.82, 2.24) is 5.32 Å². The van der Waals surface area contributed by atoms with Crippen LogP contribution in [-0.4, -0.2) is 12.6 Å². The molecule has 0 aliphatic heterocycles. The van der Waals surface area contributed by atoms with Crippen LogP contribution in [0.4, 0.5) is 0 Å². The van der Waals surface area contributed by atoms with Crippen molar-refractivity contribution in [2.45, 2.75) is 71.4 Å². The summed E-state index contributed by atoms with van der Waals surface area (Å²) in [5.74, 6) is 1.85. The van der Waals surface area contributed by atoms with E-state index in [-0.39, 0.29) is 0 Å². The molecule has 2 heteroatoms. The maximum absolute atomic E-state index is 6.24. The fraction of sp³-hybridized carbons (Fsp3) is 0.684. The molecule has 0 saturated heterocycles. The summed E-state index contributed by atoms with van der Waals surface area (Å²) in [6.45, 7) is 7.87. The lowest BCUT2D eigenvalue weighted by atomic mass is 9.89. The number of rotatable bonds is 7. The second-order valence-corrected chi connectivity index (χ2v) is 6.50. The number of hydrogen-bond acceptors (Lipinski definition) is 2. The van der Waals surface area contributed by atoms with Crippen molar-refractivity contribution in [2.75, 3.05) is 6.54 Å². The SMILES string of the molecule is CCCNC(CC)c1cccc(OC2CCCC(C)C2)c1. The Bertz CT molecular complexity index is 418. The van der Waals surface area contributed by atoms with E-state index in [2.05, 4.69) is 50.4 Å². The van der Waals surface area contributed by atoms with Gasteiger partial charge in [-0.1, -0.05) is 39.3 Å². The third kappa shape index (κ3) is 5.03. The van der Waals surface area contributed by atoms with Gasteiger partial charge in [-0.25, -0.2) is 0 Å². The molecule has 2 rings (SSSR count). The van der Waals surface area contributed by atoms with Crippen molar-refractivity contribution in [3.63, 3.8) is 0 Å². The Balaban J connectivity index is 1.99. The summed E-state index contributed by atoms with van der Waals surface area (Å²) in [7, 11) is 0. The van der Waals surface area contributed by atoms with Crippen LogP contribution < -0.4 is 10.1 Å². The standard InChI is InChI=1S/C19H31NO/c1-4-12-20-19(5-2)16-9-7-11-18(14-16)21-17-10-6-8-15(3)13-17/h7,9,11,14-15,17,19-20H,4-6,8,10,12-13H2,1-3H3. The van der Waals surface area contributed by atoms with Crippen LogP contribution in [0.5, 0.6) is 5.75 Å². The van der Waals surface area contributed by atoms with Crippen molar-refractivity contribution in [3.05, 3.63) is 29.8 Å². The van der Waals surface area contributed by atoms with E-state index in [1.165, 1.54) is 37.7 Å². The van der Waals surface area contributed by atoms with Crippen molar-refractivity contribution in [2.24, 2.45) is 5.92 Å². The van der Waals surface area contributed by atoms with E-state index in [1.54, 1.807) is 0 Å². The maximum atomic E-state index is 6.24. The van der Waals surface area contributed by atoms with Gasteiger partial charge in [-0.05, 0) is 62.3 Å². The quantitative estimate of drug-likeness (QED) is 0.754. The first-order valence-corrected chi connectivity index (χ1v) is 8.72. The van der Waals surface area contributed by atoms with Crippen molar-refractivity contribution >= 4 is 0 Å². The van der Waals surface area contributed by atoms with Gasteiger partial charge in [-0.15, -0.1) is 0 Å². The lowest BCUT2D eigenvalue weighted by Gasteiger charge is -2.28. The fourth-order valence-electron chi connectivity index (χ4n) is 3.30. The Morgan fingerprint density at radius 1 is 1.29 bits per heavy atom. The van der Waals surface area contributed by atoms with E-state index < -0.39 is 0 Å². The predicted octanol–water partition coefficient (Wildman–Crippen LogP) is 5.09. The van der Waals surface area contributed by atoms with Crippen LogP contribution in [0.15, 0.2) is 24.3 Å². The van der Waals surface area contributed by atoms with E-state index >= 15 is 0 Å². The molecule has 0 bridgehead atoms. The summed E-state index contributed by atoms with van der Waals surface area (Å²) in [6, 6.07) is 9.13. The second-order valence-electron chi connectivity index (χ2n) is 6.50. The van der Waals surface area contributed by atoms with E-state index in [0.29, 0.717) is 12.1 Å². The first-order chi connectivity index (χ1) is 10.2. The molecule has 0 spiro atoms. The van der Waals surface area contributed by atoms with Gasteiger partial charge in [-0.3, -0.25) is 0 Å². The third-order valence-electron chi connectivity index (χ3n) is 4.50. The zero-order valence-corrected chi connectivity index (χ0v) is 13.9. The molecule has 21 heavy (non-hydrogen) atoms. The van der Waals surface area contributed by atoms with Crippen LogP contribution >= 0.6 is 0 Å². The molecule has 3 unspecified atom stereocenters. The van der Waals surface area contributed by atoms with Gasteiger partial charge in [-0.2, -0.15) is 0 Å². The molecule has 1 aromatic carbocycles. The van der Waals surface area contributed by atoms with Gasteiger partial charge in [0.1, 0.15) is 5.75 Å². The van der Waals surface area contributed by atoms with Crippen LogP contribution in [0.25, 0.3) is 0 Å². The summed E-state index contributed by atoms with van der Waals surface area (Å²) < 4.78 is 6.24. The van der Waals surface area contributed by atoms with E-state index in [4.69, 9.17) is 4.74 Å². The van der Waals surface area contributed by atoms with Crippen LogP contribution in [0.1, 0.15) is 70.9 Å².